The van der Waals surface area contributed by atoms with Crippen molar-refractivity contribution in [3.05, 3.63) is 48.3 Å². The highest BCUT2D eigenvalue weighted by atomic mass is 32.2. The monoisotopic (exact) mass is 363 g/mol. The Kier molecular flexibility index (Phi) is 4.94. The van der Waals surface area contributed by atoms with Crippen molar-refractivity contribution in [2.24, 2.45) is 0 Å². The van der Waals surface area contributed by atoms with Gasteiger partial charge in [-0.25, -0.2) is 8.42 Å². The van der Waals surface area contributed by atoms with Gasteiger partial charge in [0.15, 0.2) is 0 Å². The lowest BCUT2D eigenvalue weighted by Crippen LogP contribution is -2.41. The van der Waals surface area contributed by atoms with Crippen molar-refractivity contribution < 1.29 is 18.3 Å². The summed E-state index contributed by atoms with van der Waals surface area (Å²) >= 11 is 0. The standard InChI is InChI=1S/C17H21N3O4S/c1-19(13-6-3-2-4-7-13)17(22)16-10-15(11-18-16)25(23,24)20-9-5-8-14(21)12-20/h2-4,6-7,10-11,14,18,21H,5,8-9,12H2,1H3. The van der Waals surface area contributed by atoms with E-state index in [1.165, 1.54) is 21.5 Å². The van der Waals surface area contributed by atoms with Gasteiger partial charge >= 0.3 is 0 Å². The number of aliphatic hydroxyl groups excluding tert-OH is 1. The average Bonchev–Trinajstić information content (AvgIpc) is 3.12. The second-order valence-corrected chi connectivity index (χ2v) is 8.05. The Labute approximate surface area is 146 Å². The molecule has 25 heavy (non-hydrogen) atoms. The maximum absolute atomic E-state index is 12.7. The molecule has 0 saturated carbocycles. The lowest BCUT2D eigenvalue weighted by Gasteiger charge is -2.28. The van der Waals surface area contributed by atoms with E-state index >= 15 is 0 Å². The number of β-amino-alcohol motifs (C(OH)–C–C–N with tert-alkyl or cyclic N) is 1. The van der Waals surface area contributed by atoms with Crippen molar-refractivity contribution in [1.29, 1.82) is 0 Å². The van der Waals surface area contributed by atoms with Crippen LogP contribution in [-0.4, -0.2) is 55.0 Å². The number of rotatable bonds is 4. The minimum absolute atomic E-state index is 0.0337. The van der Waals surface area contributed by atoms with E-state index in [-0.39, 0.29) is 23.0 Å². The van der Waals surface area contributed by atoms with Crippen molar-refractivity contribution in [1.82, 2.24) is 9.29 Å². The highest BCUT2D eigenvalue weighted by molar-refractivity contribution is 7.89. The molecular weight excluding hydrogens is 342 g/mol. The number of sulfonamides is 1. The summed E-state index contributed by atoms with van der Waals surface area (Å²) in [6.45, 7) is 0.457. The van der Waals surface area contributed by atoms with Gasteiger partial charge in [0.1, 0.15) is 10.6 Å². The fraction of sp³-hybridized carbons (Fsp3) is 0.353. The van der Waals surface area contributed by atoms with Crippen LogP contribution in [0.4, 0.5) is 5.69 Å². The van der Waals surface area contributed by atoms with E-state index in [1.54, 1.807) is 19.2 Å². The van der Waals surface area contributed by atoms with Gasteiger partial charge in [-0.15, -0.1) is 0 Å². The van der Waals surface area contributed by atoms with Crippen LogP contribution in [-0.2, 0) is 10.0 Å². The molecular formula is C17H21N3O4S. The van der Waals surface area contributed by atoms with E-state index < -0.39 is 16.1 Å². The second-order valence-electron chi connectivity index (χ2n) is 6.11. The lowest BCUT2D eigenvalue weighted by molar-refractivity contribution is 0.0988. The zero-order valence-corrected chi connectivity index (χ0v) is 14.7. The third-order valence-corrected chi connectivity index (χ3v) is 6.17. The van der Waals surface area contributed by atoms with Gasteiger partial charge in [0, 0.05) is 32.0 Å². The fourth-order valence-corrected chi connectivity index (χ4v) is 4.40. The van der Waals surface area contributed by atoms with Crippen molar-refractivity contribution in [3.8, 4) is 0 Å². The summed E-state index contributed by atoms with van der Waals surface area (Å²) in [6, 6.07) is 10.4. The Bertz CT molecular complexity index is 848. The number of hydrogen-bond acceptors (Lipinski definition) is 4. The van der Waals surface area contributed by atoms with Crippen LogP contribution < -0.4 is 4.90 Å². The van der Waals surface area contributed by atoms with Crippen molar-refractivity contribution in [3.63, 3.8) is 0 Å². The third kappa shape index (κ3) is 3.60. The molecule has 7 nitrogen and oxygen atoms in total. The van der Waals surface area contributed by atoms with Gasteiger partial charge in [-0.1, -0.05) is 18.2 Å². The van der Waals surface area contributed by atoms with Crippen LogP contribution in [0.3, 0.4) is 0 Å². The average molecular weight is 363 g/mol. The molecule has 1 saturated heterocycles. The number of aromatic nitrogens is 1. The van der Waals surface area contributed by atoms with Crippen LogP contribution in [0.15, 0.2) is 47.5 Å². The number of H-pyrrole nitrogens is 1. The van der Waals surface area contributed by atoms with Crippen LogP contribution >= 0.6 is 0 Å². The van der Waals surface area contributed by atoms with Gasteiger partial charge in [-0.2, -0.15) is 4.31 Å². The normalized spacial score (nSPS) is 18.9. The number of carbonyl (C=O) groups excluding carboxylic acids is 1. The molecule has 1 aliphatic rings. The zero-order valence-electron chi connectivity index (χ0n) is 13.9. The Morgan fingerprint density at radius 1 is 1.32 bits per heavy atom. The van der Waals surface area contributed by atoms with Crippen molar-refractivity contribution >= 4 is 21.6 Å². The number of nitrogens with one attached hydrogen (secondary N) is 1. The first-order valence-electron chi connectivity index (χ1n) is 8.09. The second kappa shape index (κ2) is 6.99. The first-order valence-corrected chi connectivity index (χ1v) is 9.53. The molecule has 0 bridgehead atoms. The highest BCUT2D eigenvalue weighted by Gasteiger charge is 2.31. The van der Waals surface area contributed by atoms with E-state index in [1.807, 2.05) is 18.2 Å². The van der Waals surface area contributed by atoms with Gasteiger partial charge in [-0.3, -0.25) is 4.79 Å². The Morgan fingerprint density at radius 3 is 2.72 bits per heavy atom. The molecule has 2 aromatic rings. The zero-order chi connectivity index (χ0) is 18.0. The first-order chi connectivity index (χ1) is 11.9. The molecule has 8 heteroatoms. The number of aromatic amines is 1. The van der Waals surface area contributed by atoms with Crippen LogP contribution in [0.1, 0.15) is 23.3 Å². The van der Waals surface area contributed by atoms with E-state index in [2.05, 4.69) is 4.98 Å². The highest BCUT2D eigenvalue weighted by Crippen LogP contribution is 2.22. The van der Waals surface area contributed by atoms with Gasteiger partial charge in [0.25, 0.3) is 5.91 Å². The van der Waals surface area contributed by atoms with Gasteiger partial charge in [0.2, 0.25) is 10.0 Å². The number of carbonyl (C=O) groups is 1. The maximum atomic E-state index is 12.7. The smallest absolute Gasteiger partial charge is 0.274 e. The molecule has 0 aliphatic carbocycles. The van der Waals surface area contributed by atoms with Crippen molar-refractivity contribution in [2.45, 2.75) is 23.8 Å². The summed E-state index contributed by atoms with van der Waals surface area (Å²) < 4.78 is 26.6. The molecule has 1 atom stereocenters. The summed E-state index contributed by atoms with van der Waals surface area (Å²) in [5.74, 6) is -0.327. The van der Waals surface area contributed by atoms with Crippen molar-refractivity contribution in [2.75, 3.05) is 25.0 Å². The number of piperidine rings is 1. The molecule has 2 N–H and O–H groups in total. The summed E-state index contributed by atoms with van der Waals surface area (Å²) in [5.41, 5.74) is 0.910. The maximum Gasteiger partial charge on any atom is 0.274 e. The number of aliphatic hydroxyl groups is 1. The quantitative estimate of drug-likeness (QED) is 0.859. The molecule has 2 heterocycles. The summed E-state index contributed by atoms with van der Waals surface area (Å²) in [4.78, 5) is 16.8. The Balaban J connectivity index is 1.81. The minimum Gasteiger partial charge on any atom is -0.392 e. The summed E-state index contributed by atoms with van der Waals surface area (Å²) in [6.07, 6.45) is 1.90. The number of nitrogens with zero attached hydrogens (tertiary/aromatic N) is 2. The van der Waals surface area contributed by atoms with E-state index in [9.17, 15) is 18.3 Å². The SMILES string of the molecule is CN(C(=O)c1cc(S(=O)(=O)N2CCCC(O)C2)c[nH]1)c1ccccc1. The van der Waals surface area contributed by atoms with E-state index in [0.29, 0.717) is 25.1 Å². The van der Waals surface area contributed by atoms with E-state index in [0.717, 1.165) is 0 Å². The lowest BCUT2D eigenvalue weighted by atomic mass is 10.1. The minimum atomic E-state index is -3.73. The summed E-state index contributed by atoms with van der Waals surface area (Å²) in [7, 11) is -2.09. The molecule has 0 radical (unpaired) electrons. The van der Waals surface area contributed by atoms with Gasteiger partial charge < -0.3 is 15.0 Å². The molecule has 134 valence electrons. The van der Waals surface area contributed by atoms with Gasteiger partial charge in [-0.05, 0) is 31.0 Å². The van der Waals surface area contributed by atoms with Crippen LogP contribution in [0.5, 0.6) is 0 Å². The van der Waals surface area contributed by atoms with Crippen LogP contribution in [0.2, 0.25) is 0 Å². The molecule has 1 amide bonds. The molecule has 0 spiro atoms. The molecule has 1 aromatic carbocycles. The van der Waals surface area contributed by atoms with E-state index in [4.69, 9.17) is 0 Å². The largest absolute Gasteiger partial charge is 0.392 e. The fourth-order valence-electron chi connectivity index (χ4n) is 2.88. The number of anilines is 1. The van der Waals surface area contributed by atoms with Crippen LogP contribution in [0.25, 0.3) is 0 Å². The molecule has 1 aliphatic heterocycles. The molecule has 1 unspecified atom stereocenters. The van der Waals surface area contributed by atoms with Crippen LogP contribution in [0, 0.1) is 0 Å². The number of hydrogen-bond donors (Lipinski definition) is 2. The Morgan fingerprint density at radius 2 is 2.04 bits per heavy atom. The number of benzene rings is 1. The number of amides is 1. The number of para-hydroxylation sites is 1. The topological polar surface area (TPSA) is 93.7 Å². The summed E-state index contributed by atoms with van der Waals surface area (Å²) in [5, 5.41) is 9.71. The van der Waals surface area contributed by atoms with Gasteiger partial charge in [0.05, 0.1) is 6.10 Å². The third-order valence-electron chi connectivity index (χ3n) is 4.33. The molecule has 1 aromatic heterocycles. The predicted octanol–water partition coefficient (Wildman–Crippen LogP) is 1.44. The Hall–Kier alpha value is -2.16. The first kappa shape index (κ1) is 17.7. The predicted molar refractivity (Wildman–Crippen MR) is 94.0 cm³/mol. The molecule has 1 fully saturated rings. The molecule has 3 rings (SSSR count).